The highest BCUT2D eigenvalue weighted by molar-refractivity contribution is 5.92. The number of carboxylic acids is 1. The number of hydrogen-bond acceptors (Lipinski definition) is 3. The van der Waals surface area contributed by atoms with Crippen LogP contribution in [0.3, 0.4) is 0 Å². The first-order valence-corrected chi connectivity index (χ1v) is 8.96. The van der Waals surface area contributed by atoms with Gasteiger partial charge in [-0.2, -0.15) is 0 Å². The fourth-order valence-corrected chi connectivity index (χ4v) is 3.56. The average molecular weight is 365 g/mol. The van der Waals surface area contributed by atoms with Crippen molar-refractivity contribution in [3.63, 3.8) is 0 Å². The molecule has 1 N–H and O–H groups in total. The maximum absolute atomic E-state index is 12.5. The molecule has 1 aliphatic rings. The Morgan fingerprint density at radius 1 is 1.04 bits per heavy atom. The van der Waals surface area contributed by atoms with Crippen LogP contribution in [0, 0.1) is 0 Å². The van der Waals surface area contributed by atoms with Crippen LogP contribution in [0.15, 0.2) is 60.7 Å². The Morgan fingerprint density at radius 2 is 1.67 bits per heavy atom. The van der Waals surface area contributed by atoms with E-state index in [0.717, 1.165) is 11.1 Å². The number of carbonyl (C=O) groups excluding carboxylic acids is 1. The number of ether oxygens (including phenoxy) is 1. The maximum Gasteiger partial charge on any atom is 0.314 e. The van der Waals surface area contributed by atoms with Gasteiger partial charge in [0.15, 0.2) is 0 Å². The smallest absolute Gasteiger partial charge is 0.314 e. The molecule has 0 saturated carbocycles. The highest BCUT2D eigenvalue weighted by Gasteiger charge is 2.43. The molecule has 0 spiro atoms. The van der Waals surface area contributed by atoms with Crippen LogP contribution >= 0.6 is 0 Å². The normalized spacial score (nSPS) is 16.3. The van der Waals surface area contributed by atoms with E-state index in [1.807, 2.05) is 54.6 Å². The molecule has 0 aromatic heterocycles. The molecule has 1 saturated heterocycles. The zero-order valence-corrected chi connectivity index (χ0v) is 15.3. The minimum atomic E-state index is -0.926. The standard InChI is InChI=1S/C22H23NO4/c1-27-19-10-6-5-7-17(19)11-12-20(24)23-15-13-22(14-16-23,21(25)26)18-8-3-2-4-9-18/h2-12H,13-16H2,1H3,(H,25,26)/b12-11+. The molecule has 0 radical (unpaired) electrons. The molecule has 1 fully saturated rings. The van der Waals surface area contributed by atoms with Gasteiger partial charge in [-0.15, -0.1) is 0 Å². The highest BCUT2D eigenvalue weighted by atomic mass is 16.5. The van der Waals surface area contributed by atoms with Crippen molar-refractivity contribution in [2.75, 3.05) is 20.2 Å². The van der Waals surface area contributed by atoms with Gasteiger partial charge in [0.1, 0.15) is 5.75 Å². The second-order valence-electron chi connectivity index (χ2n) is 6.65. The van der Waals surface area contributed by atoms with Crippen LogP contribution in [0.5, 0.6) is 5.75 Å². The zero-order valence-electron chi connectivity index (χ0n) is 15.3. The molecule has 1 amide bonds. The minimum absolute atomic E-state index is 0.118. The van der Waals surface area contributed by atoms with Gasteiger partial charge in [0.05, 0.1) is 12.5 Å². The summed E-state index contributed by atoms with van der Waals surface area (Å²) in [6, 6.07) is 16.8. The van der Waals surface area contributed by atoms with Gasteiger partial charge in [-0.25, -0.2) is 0 Å². The van der Waals surface area contributed by atoms with Gasteiger partial charge in [0, 0.05) is 24.7 Å². The summed E-state index contributed by atoms with van der Waals surface area (Å²) in [6.45, 7) is 0.826. The van der Waals surface area contributed by atoms with Crippen LogP contribution in [0.2, 0.25) is 0 Å². The second-order valence-corrected chi connectivity index (χ2v) is 6.65. The van der Waals surface area contributed by atoms with Gasteiger partial charge in [-0.3, -0.25) is 9.59 Å². The number of piperidine rings is 1. The third-order valence-electron chi connectivity index (χ3n) is 5.21. The number of para-hydroxylation sites is 1. The molecular formula is C22H23NO4. The number of nitrogens with zero attached hydrogens (tertiary/aromatic N) is 1. The Bertz CT molecular complexity index is 836. The number of likely N-dealkylation sites (tertiary alicyclic amines) is 1. The Kier molecular flexibility index (Phi) is 5.60. The number of carbonyl (C=O) groups is 2. The number of aliphatic carboxylic acids is 1. The highest BCUT2D eigenvalue weighted by Crippen LogP contribution is 2.36. The van der Waals surface area contributed by atoms with E-state index in [1.54, 1.807) is 18.1 Å². The number of rotatable bonds is 5. The average Bonchev–Trinajstić information content (AvgIpc) is 2.72. The molecule has 1 aliphatic heterocycles. The Labute approximate surface area is 158 Å². The number of hydrogen-bond donors (Lipinski definition) is 1. The lowest BCUT2D eigenvalue weighted by Gasteiger charge is -2.38. The number of carboxylic acid groups (broad SMARTS) is 1. The van der Waals surface area contributed by atoms with Crippen LogP contribution in [0.1, 0.15) is 24.0 Å². The molecule has 2 aromatic carbocycles. The van der Waals surface area contributed by atoms with E-state index >= 15 is 0 Å². The summed E-state index contributed by atoms with van der Waals surface area (Å²) in [7, 11) is 1.59. The summed E-state index contributed by atoms with van der Waals surface area (Å²) >= 11 is 0. The van der Waals surface area contributed by atoms with Gasteiger partial charge in [-0.05, 0) is 30.5 Å². The van der Waals surface area contributed by atoms with Crippen LogP contribution in [0.4, 0.5) is 0 Å². The van der Waals surface area contributed by atoms with Crippen molar-refractivity contribution in [1.29, 1.82) is 0 Å². The third kappa shape index (κ3) is 3.87. The van der Waals surface area contributed by atoms with E-state index in [9.17, 15) is 14.7 Å². The van der Waals surface area contributed by atoms with Crippen LogP contribution in [-0.2, 0) is 15.0 Å². The van der Waals surface area contributed by atoms with Crippen molar-refractivity contribution in [1.82, 2.24) is 4.90 Å². The first-order chi connectivity index (χ1) is 13.1. The van der Waals surface area contributed by atoms with Crippen molar-refractivity contribution >= 4 is 18.0 Å². The summed E-state index contributed by atoms with van der Waals surface area (Å²) in [4.78, 5) is 26.2. The summed E-state index contributed by atoms with van der Waals surface area (Å²) in [6.07, 6.45) is 4.06. The fourth-order valence-electron chi connectivity index (χ4n) is 3.56. The number of benzene rings is 2. The van der Waals surface area contributed by atoms with E-state index < -0.39 is 11.4 Å². The van der Waals surface area contributed by atoms with E-state index in [0.29, 0.717) is 31.7 Å². The SMILES string of the molecule is COc1ccccc1/C=C/C(=O)N1CCC(C(=O)O)(c2ccccc2)CC1. The van der Waals surface area contributed by atoms with Crippen LogP contribution < -0.4 is 4.74 Å². The van der Waals surface area contributed by atoms with Crippen LogP contribution in [-0.4, -0.2) is 42.1 Å². The largest absolute Gasteiger partial charge is 0.496 e. The van der Waals surface area contributed by atoms with Gasteiger partial charge in [-0.1, -0.05) is 48.5 Å². The van der Waals surface area contributed by atoms with Gasteiger partial charge in [0.25, 0.3) is 0 Å². The lowest BCUT2D eigenvalue weighted by molar-refractivity contribution is -0.147. The molecule has 0 bridgehead atoms. The molecule has 2 aromatic rings. The lowest BCUT2D eigenvalue weighted by atomic mass is 9.73. The first-order valence-electron chi connectivity index (χ1n) is 8.96. The van der Waals surface area contributed by atoms with Crippen molar-refractivity contribution < 1.29 is 19.4 Å². The summed E-state index contributed by atoms with van der Waals surface area (Å²) in [5, 5.41) is 9.85. The molecule has 27 heavy (non-hydrogen) atoms. The van der Waals surface area contributed by atoms with Crippen molar-refractivity contribution in [2.24, 2.45) is 0 Å². The van der Waals surface area contributed by atoms with Crippen molar-refractivity contribution in [2.45, 2.75) is 18.3 Å². The quantitative estimate of drug-likeness (QED) is 0.825. The van der Waals surface area contributed by atoms with Gasteiger partial charge in [0.2, 0.25) is 5.91 Å². The molecule has 5 heteroatoms. The monoisotopic (exact) mass is 365 g/mol. The Hall–Kier alpha value is -3.08. The van der Waals surface area contributed by atoms with Crippen molar-refractivity contribution in [3.8, 4) is 5.75 Å². The first kappa shape index (κ1) is 18.7. The predicted molar refractivity (Wildman–Crippen MR) is 104 cm³/mol. The molecular weight excluding hydrogens is 342 g/mol. The fraction of sp³-hybridized carbons (Fsp3) is 0.273. The lowest BCUT2D eigenvalue weighted by Crippen LogP contribution is -2.48. The van der Waals surface area contributed by atoms with Gasteiger partial charge < -0.3 is 14.7 Å². The summed E-state index contributed by atoms with van der Waals surface area (Å²) in [5.41, 5.74) is 0.702. The molecule has 1 heterocycles. The topological polar surface area (TPSA) is 66.8 Å². The number of amides is 1. The molecule has 0 aliphatic carbocycles. The molecule has 3 rings (SSSR count). The second kappa shape index (κ2) is 8.08. The van der Waals surface area contributed by atoms with Crippen LogP contribution in [0.25, 0.3) is 6.08 Å². The van der Waals surface area contributed by atoms with E-state index in [-0.39, 0.29) is 5.91 Å². The third-order valence-corrected chi connectivity index (χ3v) is 5.21. The summed E-state index contributed by atoms with van der Waals surface area (Å²) in [5.74, 6) is -0.243. The maximum atomic E-state index is 12.5. The van der Waals surface area contributed by atoms with Gasteiger partial charge >= 0.3 is 5.97 Å². The molecule has 0 atom stereocenters. The van der Waals surface area contributed by atoms with E-state index in [1.165, 1.54) is 6.08 Å². The molecule has 0 unspecified atom stereocenters. The Balaban J connectivity index is 1.70. The minimum Gasteiger partial charge on any atom is -0.496 e. The van der Waals surface area contributed by atoms with E-state index in [2.05, 4.69) is 0 Å². The zero-order chi connectivity index (χ0) is 19.3. The van der Waals surface area contributed by atoms with Crippen molar-refractivity contribution in [3.05, 3.63) is 71.8 Å². The molecule has 140 valence electrons. The Morgan fingerprint density at radius 3 is 2.30 bits per heavy atom. The predicted octanol–water partition coefficient (Wildman–Crippen LogP) is 3.35. The summed E-state index contributed by atoms with van der Waals surface area (Å²) < 4.78 is 5.28. The number of methoxy groups -OCH3 is 1. The molecule has 5 nitrogen and oxygen atoms in total. The van der Waals surface area contributed by atoms with E-state index in [4.69, 9.17) is 4.74 Å².